The molecule has 0 bridgehead atoms. The van der Waals surface area contributed by atoms with Crippen LogP contribution in [0.3, 0.4) is 0 Å². The highest BCUT2D eigenvalue weighted by atomic mass is 79.9. The van der Waals surface area contributed by atoms with Crippen LogP contribution in [0.2, 0.25) is 0 Å². The summed E-state index contributed by atoms with van der Waals surface area (Å²) in [6.45, 7) is 1.95. The smallest absolute Gasteiger partial charge is 0.257 e. The van der Waals surface area contributed by atoms with Gasteiger partial charge in [0.15, 0.2) is 11.0 Å². The van der Waals surface area contributed by atoms with Gasteiger partial charge >= 0.3 is 0 Å². The Kier molecular flexibility index (Phi) is 8.28. The SMILES string of the molecule is Cc1cccc(NC(=O)c2ccccc2NC(=O)CSc2nnc(-c3cc(Br)ccc3O)n2-c2ccccc2)c1. The summed E-state index contributed by atoms with van der Waals surface area (Å²) in [6, 6.07) is 28.9. The first-order valence-electron chi connectivity index (χ1n) is 12.3. The lowest BCUT2D eigenvalue weighted by Gasteiger charge is -2.13. The molecule has 0 saturated carbocycles. The minimum Gasteiger partial charge on any atom is -0.507 e. The minimum absolute atomic E-state index is 0.0171. The molecule has 1 aromatic heterocycles. The van der Waals surface area contributed by atoms with E-state index < -0.39 is 0 Å². The van der Waals surface area contributed by atoms with Crippen molar-refractivity contribution < 1.29 is 14.7 Å². The molecular weight excluding hydrogens is 590 g/mol. The molecule has 8 nitrogen and oxygen atoms in total. The van der Waals surface area contributed by atoms with E-state index in [0.29, 0.717) is 33.5 Å². The van der Waals surface area contributed by atoms with Crippen LogP contribution in [0.5, 0.6) is 5.75 Å². The van der Waals surface area contributed by atoms with Crippen LogP contribution in [0.15, 0.2) is 107 Å². The zero-order chi connectivity index (χ0) is 28.1. The summed E-state index contributed by atoms with van der Waals surface area (Å²) in [5.41, 5.74) is 3.73. The predicted molar refractivity (Wildman–Crippen MR) is 161 cm³/mol. The van der Waals surface area contributed by atoms with Crippen LogP contribution in [-0.2, 0) is 4.79 Å². The minimum atomic E-state index is -0.323. The van der Waals surface area contributed by atoms with E-state index in [2.05, 4.69) is 36.8 Å². The zero-order valence-corrected chi connectivity index (χ0v) is 23.7. The lowest BCUT2D eigenvalue weighted by molar-refractivity contribution is -0.113. The number of rotatable bonds is 8. The van der Waals surface area contributed by atoms with Gasteiger partial charge in [-0.2, -0.15) is 0 Å². The summed E-state index contributed by atoms with van der Waals surface area (Å²) in [6.07, 6.45) is 0. The Morgan fingerprint density at radius 2 is 1.68 bits per heavy atom. The third-order valence-corrected chi connectivity index (χ3v) is 7.32. The van der Waals surface area contributed by atoms with E-state index in [-0.39, 0.29) is 23.3 Å². The number of halogens is 1. The van der Waals surface area contributed by atoms with Gasteiger partial charge in [0.2, 0.25) is 5.91 Å². The standard InChI is InChI=1S/C30H24BrN5O3S/c1-19-8-7-9-21(16-19)32-29(39)23-12-5-6-13-25(23)33-27(38)18-40-30-35-34-28(24-17-20(31)14-15-26(24)37)36(30)22-10-3-2-4-11-22/h2-17,37H,18H2,1H3,(H,32,39)(H,33,38). The number of aromatic nitrogens is 3. The quantitative estimate of drug-likeness (QED) is 0.168. The Labute approximate surface area is 243 Å². The highest BCUT2D eigenvalue weighted by Crippen LogP contribution is 2.34. The topological polar surface area (TPSA) is 109 Å². The number of hydrogen-bond acceptors (Lipinski definition) is 6. The first-order chi connectivity index (χ1) is 19.4. The Morgan fingerprint density at radius 3 is 2.48 bits per heavy atom. The van der Waals surface area contributed by atoms with Gasteiger partial charge in [-0.05, 0) is 67.1 Å². The number of phenolic OH excluding ortho intramolecular Hbond substituents is 1. The number of para-hydroxylation sites is 2. The van der Waals surface area contributed by atoms with E-state index in [1.165, 1.54) is 11.8 Å². The lowest BCUT2D eigenvalue weighted by Crippen LogP contribution is -2.19. The number of anilines is 2. The van der Waals surface area contributed by atoms with Crippen LogP contribution in [0, 0.1) is 6.92 Å². The number of carbonyl (C=O) groups is 2. The molecule has 2 amide bonds. The van der Waals surface area contributed by atoms with Crippen molar-refractivity contribution in [1.29, 1.82) is 0 Å². The summed E-state index contributed by atoms with van der Waals surface area (Å²) in [4.78, 5) is 26.0. The predicted octanol–water partition coefficient (Wildman–Crippen LogP) is 6.69. The molecule has 3 N–H and O–H groups in total. The van der Waals surface area contributed by atoms with E-state index >= 15 is 0 Å². The van der Waals surface area contributed by atoms with Crippen molar-refractivity contribution in [3.63, 3.8) is 0 Å². The average Bonchev–Trinajstić information content (AvgIpc) is 3.38. The Hall–Kier alpha value is -4.41. The van der Waals surface area contributed by atoms with E-state index in [9.17, 15) is 14.7 Å². The highest BCUT2D eigenvalue weighted by molar-refractivity contribution is 9.10. The van der Waals surface area contributed by atoms with Gasteiger partial charge in [-0.1, -0.05) is 70.2 Å². The lowest BCUT2D eigenvalue weighted by atomic mass is 10.1. The van der Waals surface area contributed by atoms with Crippen molar-refractivity contribution in [2.75, 3.05) is 16.4 Å². The largest absolute Gasteiger partial charge is 0.507 e. The Bertz CT molecular complexity index is 1690. The van der Waals surface area contributed by atoms with Crippen molar-refractivity contribution in [3.05, 3.63) is 113 Å². The normalized spacial score (nSPS) is 10.8. The number of amides is 2. The fourth-order valence-electron chi connectivity index (χ4n) is 4.06. The average molecular weight is 615 g/mol. The van der Waals surface area contributed by atoms with Crippen LogP contribution in [0.1, 0.15) is 15.9 Å². The van der Waals surface area contributed by atoms with E-state index in [0.717, 1.165) is 15.7 Å². The molecule has 0 saturated heterocycles. The van der Waals surface area contributed by atoms with Crippen molar-refractivity contribution in [2.45, 2.75) is 12.1 Å². The number of hydrogen-bond donors (Lipinski definition) is 3. The van der Waals surface area contributed by atoms with Gasteiger partial charge < -0.3 is 15.7 Å². The van der Waals surface area contributed by atoms with Gasteiger partial charge in [0.25, 0.3) is 5.91 Å². The van der Waals surface area contributed by atoms with Gasteiger partial charge in [-0.3, -0.25) is 14.2 Å². The maximum absolute atomic E-state index is 13.0. The Morgan fingerprint density at radius 1 is 0.900 bits per heavy atom. The molecule has 5 rings (SSSR count). The van der Waals surface area contributed by atoms with Gasteiger partial charge in [0.1, 0.15) is 5.75 Å². The van der Waals surface area contributed by atoms with Gasteiger partial charge in [-0.15, -0.1) is 10.2 Å². The van der Waals surface area contributed by atoms with Gasteiger partial charge in [-0.25, -0.2) is 0 Å². The fraction of sp³-hybridized carbons (Fsp3) is 0.0667. The van der Waals surface area contributed by atoms with Crippen molar-refractivity contribution in [2.24, 2.45) is 0 Å². The maximum atomic E-state index is 13.0. The molecule has 0 aliphatic carbocycles. The van der Waals surface area contributed by atoms with Crippen LogP contribution < -0.4 is 10.6 Å². The monoisotopic (exact) mass is 613 g/mol. The third kappa shape index (κ3) is 6.24. The molecule has 10 heteroatoms. The molecule has 40 heavy (non-hydrogen) atoms. The zero-order valence-electron chi connectivity index (χ0n) is 21.3. The van der Waals surface area contributed by atoms with E-state index in [1.807, 2.05) is 61.5 Å². The number of carbonyl (C=O) groups excluding carboxylic acids is 2. The van der Waals surface area contributed by atoms with Crippen LogP contribution in [0.4, 0.5) is 11.4 Å². The number of benzene rings is 4. The summed E-state index contributed by atoms with van der Waals surface area (Å²) < 4.78 is 2.57. The summed E-state index contributed by atoms with van der Waals surface area (Å²) >= 11 is 4.64. The van der Waals surface area contributed by atoms with Crippen molar-refractivity contribution in [1.82, 2.24) is 14.8 Å². The number of nitrogens with zero attached hydrogens (tertiary/aromatic N) is 3. The third-order valence-electron chi connectivity index (χ3n) is 5.90. The van der Waals surface area contributed by atoms with Crippen LogP contribution in [-0.4, -0.2) is 37.4 Å². The van der Waals surface area contributed by atoms with Crippen molar-refractivity contribution in [3.8, 4) is 22.8 Å². The molecule has 0 spiro atoms. The Balaban J connectivity index is 1.35. The number of phenols is 1. The maximum Gasteiger partial charge on any atom is 0.257 e. The summed E-state index contributed by atoms with van der Waals surface area (Å²) in [7, 11) is 0. The second kappa shape index (κ2) is 12.2. The summed E-state index contributed by atoms with van der Waals surface area (Å²) in [5, 5.41) is 25.4. The molecule has 4 aromatic carbocycles. The summed E-state index contributed by atoms with van der Waals surface area (Å²) in [5.74, 6) is -0.121. The fourth-order valence-corrected chi connectivity index (χ4v) is 5.18. The number of aryl methyl sites for hydroxylation is 1. The van der Waals surface area contributed by atoms with Gasteiger partial charge in [0.05, 0.1) is 22.6 Å². The van der Waals surface area contributed by atoms with Crippen LogP contribution in [0.25, 0.3) is 17.1 Å². The second-order valence-corrected chi connectivity index (χ2v) is 10.7. The van der Waals surface area contributed by atoms with E-state index in [1.54, 1.807) is 47.0 Å². The molecule has 1 heterocycles. The number of aromatic hydroxyl groups is 1. The number of nitrogens with one attached hydrogen (secondary N) is 2. The molecular formula is C30H24BrN5O3S. The molecule has 0 aliphatic heterocycles. The van der Waals surface area contributed by atoms with Gasteiger partial charge in [0, 0.05) is 15.8 Å². The molecule has 0 atom stereocenters. The molecule has 0 aliphatic rings. The molecule has 200 valence electrons. The molecule has 0 fully saturated rings. The first-order valence-corrected chi connectivity index (χ1v) is 14.1. The highest BCUT2D eigenvalue weighted by Gasteiger charge is 2.20. The van der Waals surface area contributed by atoms with E-state index in [4.69, 9.17) is 0 Å². The molecule has 0 radical (unpaired) electrons. The first kappa shape index (κ1) is 27.2. The second-order valence-electron chi connectivity index (χ2n) is 8.84. The molecule has 5 aromatic rings. The number of thioether (sulfide) groups is 1. The van der Waals surface area contributed by atoms with Crippen LogP contribution >= 0.6 is 27.7 Å². The van der Waals surface area contributed by atoms with Crippen molar-refractivity contribution >= 4 is 50.9 Å². The molecule has 0 unspecified atom stereocenters.